The Labute approximate surface area is 130 Å². The lowest BCUT2D eigenvalue weighted by molar-refractivity contribution is 0.0472. The number of carbonyl (C=O) groups excluding carboxylic acids is 1. The summed E-state index contributed by atoms with van der Waals surface area (Å²) in [5, 5.41) is 0. The van der Waals surface area contributed by atoms with Crippen molar-refractivity contribution in [2.45, 2.75) is 38.4 Å². The molecule has 2 aromatic carbocycles. The third-order valence-electron chi connectivity index (χ3n) is 3.91. The van der Waals surface area contributed by atoms with Crippen LogP contribution in [-0.2, 0) is 11.3 Å². The summed E-state index contributed by atoms with van der Waals surface area (Å²) in [7, 11) is 0. The Morgan fingerprint density at radius 3 is 2.32 bits per heavy atom. The molecule has 0 aliphatic heterocycles. The van der Waals surface area contributed by atoms with Crippen molar-refractivity contribution in [1.29, 1.82) is 0 Å². The average Bonchev–Trinajstić information content (AvgIpc) is 3.07. The third kappa shape index (κ3) is 3.88. The molecule has 0 heterocycles. The van der Waals surface area contributed by atoms with Gasteiger partial charge in [0.15, 0.2) is 0 Å². The number of hydrogen-bond acceptors (Lipinski definition) is 3. The van der Waals surface area contributed by atoms with Crippen LogP contribution in [0.5, 0.6) is 5.75 Å². The summed E-state index contributed by atoms with van der Waals surface area (Å²) in [5.41, 5.74) is 1.53. The van der Waals surface area contributed by atoms with Gasteiger partial charge in [0, 0.05) is 0 Å². The average molecular weight is 296 g/mol. The minimum Gasteiger partial charge on any atom is -0.490 e. The van der Waals surface area contributed by atoms with E-state index < -0.39 is 0 Å². The molecule has 1 aliphatic rings. The van der Waals surface area contributed by atoms with Crippen molar-refractivity contribution in [1.82, 2.24) is 0 Å². The van der Waals surface area contributed by atoms with Crippen LogP contribution in [0.3, 0.4) is 0 Å². The van der Waals surface area contributed by atoms with Crippen LogP contribution in [0.25, 0.3) is 0 Å². The summed E-state index contributed by atoms with van der Waals surface area (Å²) >= 11 is 0. The van der Waals surface area contributed by atoms with Crippen LogP contribution in [0, 0.1) is 0 Å². The quantitative estimate of drug-likeness (QED) is 0.769. The van der Waals surface area contributed by atoms with Gasteiger partial charge in [-0.1, -0.05) is 30.3 Å². The van der Waals surface area contributed by atoms with Gasteiger partial charge in [0.05, 0.1) is 11.7 Å². The van der Waals surface area contributed by atoms with Gasteiger partial charge in [-0.3, -0.25) is 0 Å². The molecule has 3 nitrogen and oxygen atoms in total. The SMILES string of the molecule is O=C(OCc1ccccc1)c1ccc(OC2CCCC2)cc1. The topological polar surface area (TPSA) is 35.5 Å². The molecule has 22 heavy (non-hydrogen) atoms. The maximum absolute atomic E-state index is 12.0. The second kappa shape index (κ2) is 7.12. The Hall–Kier alpha value is -2.29. The molecular weight excluding hydrogens is 276 g/mol. The van der Waals surface area contributed by atoms with E-state index >= 15 is 0 Å². The normalized spacial score (nSPS) is 14.7. The first kappa shape index (κ1) is 14.6. The van der Waals surface area contributed by atoms with Gasteiger partial charge in [0.1, 0.15) is 12.4 Å². The molecule has 0 atom stereocenters. The Bertz CT molecular complexity index is 598. The summed E-state index contributed by atoms with van der Waals surface area (Å²) < 4.78 is 11.2. The van der Waals surface area contributed by atoms with Crippen LogP contribution in [0.1, 0.15) is 41.6 Å². The van der Waals surface area contributed by atoms with Gasteiger partial charge in [-0.2, -0.15) is 0 Å². The first-order valence-electron chi connectivity index (χ1n) is 7.79. The van der Waals surface area contributed by atoms with E-state index in [1.54, 1.807) is 12.1 Å². The van der Waals surface area contributed by atoms with E-state index in [0.29, 0.717) is 18.3 Å². The van der Waals surface area contributed by atoms with Crippen LogP contribution >= 0.6 is 0 Å². The molecule has 0 radical (unpaired) electrons. The minimum atomic E-state index is -0.309. The van der Waals surface area contributed by atoms with Crippen LogP contribution < -0.4 is 4.74 Å². The van der Waals surface area contributed by atoms with Gasteiger partial charge in [-0.25, -0.2) is 4.79 Å². The number of carbonyl (C=O) groups is 1. The van der Waals surface area contributed by atoms with E-state index in [9.17, 15) is 4.79 Å². The highest BCUT2D eigenvalue weighted by Crippen LogP contribution is 2.24. The maximum atomic E-state index is 12.0. The van der Waals surface area contributed by atoms with E-state index in [2.05, 4.69) is 0 Å². The van der Waals surface area contributed by atoms with Gasteiger partial charge in [-0.15, -0.1) is 0 Å². The zero-order valence-electron chi connectivity index (χ0n) is 12.5. The molecule has 0 unspecified atom stereocenters. The van der Waals surface area contributed by atoms with Gasteiger partial charge in [-0.05, 0) is 55.5 Å². The fourth-order valence-corrected chi connectivity index (χ4v) is 2.67. The maximum Gasteiger partial charge on any atom is 0.338 e. The smallest absolute Gasteiger partial charge is 0.338 e. The largest absolute Gasteiger partial charge is 0.490 e. The first-order chi connectivity index (χ1) is 10.8. The fraction of sp³-hybridized carbons (Fsp3) is 0.316. The van der Waals surface area contributed by atoms with Crippen molar-refractivity contribution >= 4 is 5.97 Å². The summed E-state index contributed by atoms with van der Waals surface area (Å²) in [4.78, 5) is 12.0. The van der Waals surface area contributed by atoms with E-state index in [1.807, 2.05) is 42.5 Å². The van der Waals surface area contributed by atoms with Gasteiger partial charge in [0.2, 0.25) is 0 Å². The van der Waals surface area contributed by atoms with Crippen molar-refractivity contribution in [3.8, 4) is 5.75 Å². The summed E-state index contributed by atoms with van der Waals surface area (Å²) in [5.74, 6) is 0.516. The Balaban J connectivity index is 1.54. The molecule has 114 valence electrons. The summed E-state index contributed by atoms with van der Waals surface area (Å²) in [6.45, 7) is 0.292. The highest BCUT2D eigenvalue weighted by molar-refractivity contribution is 5.89. The molecule has 1 fully saturated rings. The van der Waals surface area contributed by atoms with Gasteiger partial charge < -0.3 is 9.47 Å². The predicted octanol–water partition coefficient (Wildman–Crippen LogP) is 4.37. The summed E-state index contributed by atoms with van der Waals surface area (Å²) in [6.07, 6.45) is 5.07. The number of ether oxygens (including phenoxy) is 2. The molecule has 1 aliphatic carbocycles. The lowest BCUT2D eigenvalue weighted by Gasteiger charge is -2.13. The molecule has 0 amide bonds. The van der Waals surface area contributed by atoms with Crippen LogP contribution in [-0.4, -0.2) is 12.1 Å². The van der Waals surface area contributed by atoms with Crippen molar-refractivity contribution in [3.63, 3.8) is 0 Å². The first-order valence-corrected chi connectivity index (χ1v) is 7.79. The molecule has 3 heteroatoms. The monoisotopic (exact) mass is 296 g/mol. The zero-order chi connectivity index (χ0) is 15.2. The molecule has 0 saturated heterocycles. The molecule has 0 aromatic heterocycles. The van der Waals surface area contributed by atoms with E-state index in [-0.39, 0.29) is 5.97 Å². The lowest BCUT2D eigenvalue weighted by atomic mass is 10.2. The summed E-state index contributed by atoms with van der Waals surface area (Å²) in [6, 6.07) is 16.9. The van der Waals surface area contributed by atoms with E-state index in [0.717, 1.165) is 24.2 Å². The second-order valence-corrected chi connectivity index (χ2v) is 5.61. The van der Waals surface area contributed by atoms with Crippen molar-refractivity contribution in [3.05, 3.63) is 65.7 Å². The van der Waals surface area contributed by atoms with E-state index in [1.165, 1.54) is 12.8 Å². The number of benzene rings is 2. The Morgan fingerprint density at radius 2 is 1.64 bits per heavy atom. The molecule has 2 aromatic rings. The number of hydrogen-bond donors (Lipinski definition) is 0. The molecule has 1 saturated carbocycles. The molecular formula is C19H20O3. The molecule has 0 N–H and O–H groups in total. The van der Waals surface area contributed by atoms with Crippen molar-refractivity contribution < 1.29 is 14.3 Å². The van der Waals surface area contributed by atoms with Crippen LogP contribution in [0.4, 0.5) is 0 Å². The minimum absolute atomic E-state index is 0.292. The van der Waals surface area contributed by atoms with Gasteiger partial charge in [0.25, 0.3) is 0 Å². The van der Waals surface area contributed by atoms with E-state index in [4.69, 9.17) is 9.47 Å². The molecule has 0 bridgehead atoms. The second-order valence-electron chi connectivity index (χ2n) is 5.61. The zero-order valence-corrected chi connectivity index (χ0v) is 12.5. The number of rotatable bonds is 5. The highest BCUT2D eigenvalue weighted by Gasteiger charge is 2.16. The van der Waals surface area contributed by atoms with Crippen LogP contribution in [0.15, 0.2) is 54.6 Å². The standard InChI is InChI=1S/C19H20O3/c20-19(21-14-15-6-2-1-3-7-15)16-10-12-18(13-11-16)22-17-8-4-5-9-17/h1-3,6-7,10-13,17H,4-5,8-9,14H2. The third-order valence-corrected chi connectivity index (χ3v) is 3.91. The van der Waals surface area contributed by atoms with Crippen molar-refractivity contribution in [2.24, 2.45) is 0 Å². The number of esters is 1. The molecule has 3 rings (SSSR count). The predicted molar refractivity (Wildman–Crippen MR) is 84.9 cm³/mol. The van der Waals surface area contributed by atoms with Crippen molar-refractivity contribution in [2.75, 3.05) is 0 Å². The Kier molecular flexibility index (Phi) is 4.74. The highest BCUT2D eigenvalue weighted by atomic mass is 16.5. The van der Waals surface area contributed by atoms with Gasteiger partial charge >= 0.3 is 5.97 Å². The molecule has 0 spiro atoms. The Morgan fingerprint density at radius 1 is 0.955 bits per heavy atom. The fourth-order valence-electron chi connectivity index (χ4n) is 2.67. The van der Waals surface area contributed by atoms with Crippen LogP contribution in [0.2, 0.25) is 0 Å². The lowest BCUT2D eigenvalue weighted by Crippen LogP contribution is -2.11.